The minimum atomic E-state index is -0.400. The Balaban J connectivity index is 1.71. The van der Waals surface area contributed by atoms with Crippen LogP contribution in [-0.2, 0) is 9.47 Å². The lowest BCUT2D eigenvalue weighted by Gasteiger charge is -2.11. The van der Waals surface area contributed by atoms with E-state index in [4.69, 9.17) is 9.47 Å². The van der Waals surface area contributed by atoms with E-state index in [1.807, 2.05) is 36.4 Å². The van der Waals surface area contributed by atoms with Crippen LogP contribution < -0.4 is 4.90 Å². The number of methoxy groups -OCH3 is 1. The average molecular weight is 308 g/mol. The van der Waals surface area contributed by atoms with Crippen molar-refractivity contribution < 1.29 is 14.3 Å². The summed E-state index contributed by atoms with van der Waals surface area (Å²) in [7, 11) is 1.58. The van der Waals surface area contributed by atoms with Gasteiger partial charge >= 0.3 is 6.09 Å². The van der Waals surface area contributed by atoms with Gasteiger partial charge in [0, 0.05) is 24.4 Å². The Morgan fingerprint density at radius 2 is 2.00 bits per heavy atom. The van der Waals surface area contributed by atoms with Gasteiger partial charge in [-0.2, -0.15) is 0 Å². The van der Waals surface area contributed by atoms with Crippen LogP contribution in [0, 0.1) is 11.8 Å². The van der Waals surface area contributed by atoms with Gasteiger partial charge in [0.2, 0.25) is 0 Å². The molecule has 0 unspecified atom stereocenters. The lowest BCUT2D eigenvalue weighted by Crippen LogP contribution is -2.26. The van der Waals surface area contributed by atoms with Crippen molar-refractivity contribution in [2.24, 2.45) is 0 Å². The van der Waals surface area contributed by atoms with E-state index in [1.165, 1.54) is 4.90 Å². The molecule has 5 nitrogen and oxygen atoms in total. The molecule has 1 saturated heterocycles. The molecule has 3 rings (SSSR count). The van der Waals surface area contributed by atoms with E-state index in [0.717, 1.165) is 11.1 Å². The van der Waals surface area contributed by atoms with E-state index >= 15 is 0 Å². The Hall–Kier alpha value is -2.84. The van der Waals surface area contributed by atoms with Gasteiger partial charge in [-0.15, -0.1) is 0 Å². The van der Waals surface area contributed by atoms with E-state index in [0.29, 0.717) is 19.0 Å². The molecule has 0 N–H and O–H groups in total. The number of aromatic nitrogens is 1. The third kappa shape index (κ3) is 3.68. The molecule has 0 spiro atoms. The van der Waals surface area contributed by atoms with Crippen LogP contribution in [0.15, 0.2) is 48.7 Å². The maximum atomic E-state index is 11.8. The highest BCUT2D eigenvalue weighted by atomic mass is 16.6. The van der Waals surface area contributed by atoms with Crippen LogP contribution in [0.3, 0.4) is 0 Å². The topological polar surface area (TPSA) is 51.7 Å². The molecule has 0 radical (unpaired) electrons. The molecule has 1 atom stereocenters. The molecule has 116 valence electrons. The fourth-order valence-electron chi connectivity index (χ4n) is 2.27. The number of anilines is 1. The minimum Gasteiger partial charge on any atom is -0.441 e. The molecule has 1 aliphatic heterocycles. The lowest BCUT2D eigenvalue weighted by atomic mass is 10.2. The first-order valence-corrected chi connectivity index (χ1v) is 7.26. The Morgan fingerprint density at radius 3 is 2.70 bits per heavy atom. The number of carbonyl (C=O) groups is 1. The summed E-state index contributed by atoms with van der Waals surface area (Å²) < 4.78 is 10.2. The second kappa shape index (κ2) is 6.95. The number of rotatable bonds is 3. The number of hydrogen-bond acceptors (Lipinski definition) is 4. The average Bonchev–Trinajstić information content (AvgIpc) is 2.95. The molecule has 2 heterocycles. The molecule has 2 aromatic rings. The molecule has 1 aromatic heterocycles. The quantitative estimate of drug-likeness (QED) is 0.817. The van der Waals surface area contributed by atoms with Gasteiger partial charge in [-0.3, -0.25) is 4.90 Å². The zero-order valence-electron chi connectivity index (χ0n) is 12.7. The van der Waals surface area contributed by atoms with Gasteiger partial charge in [0.15, 0.2) is 0 Å². The van der Waals surface area contributed by atoms with Crippen molar-refractivity contribution in [1.82, 2.24) is 4.98 Å². The Bertz CT molecular complexity index is 732. The summed E-state index contributed by atoms with van der Waals surface area (Å²) in [6.07, 6.45) is 0.997. The van der Waals surface area contributed by atoms with Crippen molar-refractivity contribution in [3.8, 4) is 11.8 Å². The van der Waals surface area contributed by atoms with Crippen LogP contribution in [0.1, 0.15) is 11.1 Å². The Labute approximate surface area is 134 Å². The molecular formula is C18H16N2O3. The summed E-state index contributed by atoms with van der Waals surface area (Å²) in [6.45, 7) is 0.817. The van der Waals surface area contributed by atoms with Crippen LogP contribution in [0.25, 0.3) is 0 Å². The summed E-state index contributed by atoms with van der Waals surface area (Å²) in [5, 5.41) is 0. The first-order chi connectivity index (χ1) is 11.3. The minimum absolute atomic E-state index is 0.258. The van der Waals surface area contributed by atoms with Crippen molar-refractivity contribution in [2.75, 3.05) is 25.2 Å². The molecule has 0 aliphatic carbocycles. The van der Waals surface area contributed by atoms with E-state index in [-0.39, 0.29) is 6.10 Å². The third-order valence-electron chi connectivity index (χ3n) is 3.38. The van der Waals surface area contributed by atoms with Gasteiger partial charge in [0.1, 0.15) is 11.9 Å². The molecule has 0 saturated carbocycles. The number of ether oxygens (including phenoxy) is 2. The lowest BCUT2D eigenvalue weighted by molar-refractivity contribution is 0.0718. The number of cyclic esters (lactones) is 1. The van der Waals surface area contributed by atoms with Gasteiger partial charge in [0.05, 0.1) is 13.2 Å². The molecule has 0 bridgehead atoms. The first-order valence-electron chi connectivity index (χ1n) is 7.26. The maximum Gasteiger partial charge on any atom is 0.416 e. The maximum absolute atomic E-state index is 11.8. The van der Waals surface area contributed by atoms with Gasteiger partial charge in [-0.05, 0) is 24.3 Å². The molecular weight excluding hydrogens is 292 g/mol. The number of pyridine rings is 1. The largest absolute Gasteiger partial charge is 0.441 e. The summed E-state index contributed by atoms with van der Waals surface area (Å²) in [6, 6.07) is 13.4. The fraction of sp³-hybridized carbons (Fsp3) is 0.222. The van der Waals surface area contributed by atoms with E-state index in [9.17, 15) is 4.79 Å². The van der Waals surface area contributed by atoms with Crippen LogP contribution in [0.4, 0.5) is 10.6 Å². The van der Waals surface area contributed by atoms with Crippen LogP contribution >= 0.6 is 0 Å². The summed E-state index contributed by atoms with van der Waals surface area (Å²) in [5.41, 5.74) is 1.74. The molecule has 1 aliphatic rings. The van der Waals surface area contributed by atoms with Gasteiger partial charge < -0.3 is 9.47 Å². The summed E-state index contributed by atoms with van der Waals surface area (Å²) in [5.74, 6) is 6.68. The molecule has 1 fully saturated rings. The smallest absolute Gasteiger partial charge is 0.416 e. The number of benzene rings is 1. The van der Waals surface area contributed by atoms with Crippen molar-refractivity contribution in [3.05, 3.63) is 59.8 Å². The fourth-order valence-corrected chi connectivity index (χ4v) is 2.27. The van der Waals surface area contributed by atoms with Gasteiger partial charge in [-0.25, -0.2) is 9.78 Å². The van der Waals surface area contributed by atoms with Gasteiger partial charge in [0.25, 0.3) is 0 Å². The monoisotopic (exact) mass is 308 g/mol. The van der Waals surface area contributed by atoms with E-state index < -0.39 is 6.09 Å². The predicted octanol–water partition coefficient (Wildman–Crippen LogP) is 2.45. The number of nitrogens with zero attached hydrogens (tertiary/aromatic N) is 2. The van der Waals surface area contributed by atoms with Crippen molar-refractivity contribution in [2.45, 2.75) is 6.10 Å². The van der Waals surface area contributed by atoms with Crippen LogP contribution in [-0.4, -0.2) is 37.4 Å². The van der Waals surface area contributed by atoms with Crippen molar-refractivity contribution in [1.29, 1.82) is 0 Å². The second-order valence-electron chi connectivity index (χ2n) is 5.09. The van der Waals surface area contributed by atoms with E-state index in [1.54, 1.807) is 19.4 Å². The zero-order valence-corrected chi connectivity index (χ0v) is 12.7. The van der Waals surface area contributed by atoms with Crippen LogP contribution in [0.5, 0.6) is 0 Å². The first kappa shape index (κ1) is 15.1. The number of carbonyl (C=O) groups excluding carboxylic acids is 1. The SMILES string of the molecule is COC[C@H]1CN(c2ccc(C#Cc3ccccc3)cn2)C(=O)O1. The number of amides is 1. The molecule has 23 heavy (non-hydrogen) atoms. The predicted molar refractivity (Wildman–Crippen MR) is 86.2 cm³/mol. The summed E-state index contributed by atoms with van der Waals surface area (Å²) in [4.78, 5) is 17.6. The van der Waals surface area contributed by atoms with Crippen molar-refractivity contribution >= 4 is 11.9 Å². The highest BCUT2D eigenvalue weighted by molar-refractivity contribution is 5.88. The third-order valence-corrected chi connectivity index (χ3v) is 3.38. The molecule has 1 amide bonds. The highest BCUT2D eigenvalue weighted by Crippen LogP contribution is 2.19. The second-order valence-corrected chi connectivity index (χ2v) is 5.09. The van der Waals surface area contributed by atoms with E-state index in [2.05, 4.69) is 16.8 Å². The van der Waals surface area contributed by atoms with Gasteiger partial charge in [-0.1, -0.05) is 30.0 Å². The van der Waals surface area contributed by atoms with Crippen LogP contribution in [0.2, 0.25) is 0 Å². The molecule has 1 aromatic carbocycles. The highest BCUT2D eigenvalue weighted by Gasteiger charge is 2.32. The summed E-state index contributed by atoms with van der Waals surface area (Å²) >= 11 is 0. The zero-order chi connectivity index (χ0) is 16.1. The molecule has 5 heteroatoms. The normalized spacial score (nSPS) is 16.7. The Morgan fingerprint density at radius 1 is 1.22 bits per heavy atom. The Kier molecular flexibility index (Phi) is 4.55. The number of hydrogen-bond donors (Lipinski definition) is 0. The van der Waals surface area contributed by atoms with Crippen molar-refractivity contribution in [3.63, 3.8) is 0 Å². The standard InChI is InChI=1S/C18H16N2O3/c1-22-13-16-12-20(18(21)23-16)17-10-9-15(11-19-17)8-7-14-5-3-2-4-6-14/h2-6,9-11,16H,12-13H2,1H3/t16-/m1/s1.